The van der Waals surface area contributed by atoms with Crippen LogP contribution in [0, 0.1) is 0 Å². The second-order valence-electron chi connectivity index (χ2n) is 3.93. The zero-order chi connectivity index (χ0) is 13.4. The smallest absolute Gasteiger partial charge is 0.228 e. The highest BCUT2D eigenvalue weighted by Crippen LogP contribution is 2.33. The van der Waals surface area contributed by atoms with Crippen LogP contribution in [0.1, 0.15) is 0 Å². The van der Waals surface area contributed by atoms with Gasteiger partial charge in [0.05, 0.1) is 12.6 Å². The first kappa shape index (κ1) is 12.3. The van der Waals surface area contributed by atoms with E-state index in [1.807, 2.05) is 24.4 Å². The monoisotopic (exact) mass is 293 g/mol. The van der Waals surface area contributed by atoms with Crippen molar-refractivity contribution >= 4 is 28.7 Å². The molecule has 19 heavy (non-hydrogen) atoms. The third kappa shape index (κ3) is 2.03. The van der Waals surface area contributed by atoms with Crippen molar-refractivity contribution in [2.45, 2.75) is 0 Å². The highest BCUT2D eigenvalue weighted by molar-refractivity contribution is 6.30. The lowest BCUT2D eigenvalue weighted by Crippen LogP contribution is -1.98. The molecule has 0 spiro atoms. The molecule has 4 nitrogen and oxygen atoms in total. The van der Waals surface area contributed by atoms with Crippen molar-refractivity contribution in [2.24, 2.45) is 0 Å². The minimum absolute atomic E-state index is 0.316. The molecule has 0 radical (unpaired) electrons. The Morgan fingerprint density at radius 1 is 1.16 bits per heavy atom. The summed E-state index contributed by atoms with van der Waals surface area (Å²) in [6, 6.07) is 9.19. The molecule has 0 saturated heterocycles. The Balaban J connectivity index is 2.30. The molecule has 0 N–H and O–H groups in total. The van der Waals surface area contributed by atoms with Crippen molar-refractivity contribution in [2.75, 3.05) is 7.11 Å². The normalized spacial score (nSPS) is 10.9. The van der Waals surface area contributed by atoms with Crippen molar-refractivity contribution in [3.8, 4) is 17.0 Å². The van der Waals surface area contributed by atoms with Crippen LogP contribution in [-0.2, 0) is 0 Å². The summed E-state index contributed by atoms with van der Waals surface area (Å²) in [5, 5.41) is 9.03. The number of halogens is 2. The van der Waals surface area contributed by atoms with E-state index in [0.29, 0.717) is 21.7 Å². The maximum Gasteiger partial charge on any atom is 0.228 e. The highest BCUT2D eigenvalue weighted by Gasteiger charge is 2.14. The third-order valence-corrected chi connectivity index (χ3v) is 3.33. The minimum atomic E-state index is 0.316. The minimum Gasteiger partial charge on any atom is -0.496 e. The molecular weight excluding hydrogens is 285 g/mol. The number of fused-ring (bicyclic) bond motifs is 1. The summed E-state index contributed by atoms with van der Waals surface area (Å²) >= 11 is 12.0. The molecule has 0 bridgehead atoms. The zero-order valence-electron chi connectivity index (χ0n) is 9.97. The number of nitrogens with zero attached hydrogens (tertiary/aromatic N) is 3. The van der Waals surface area contributed by atoms with Crippen LogP contribution in [-0.4, -0.2) is 21.7 Å². The molecule has 0 saturated carbocycles. The molecule has 2 aromatic heterocycles. The molecule has 0 atom stereocenters. The lowest BCUT2D eigenvalue weighted by Gasteiger charge is -2.09. The standard InChI is InChI=1S/C13H9Cl2N3O/c1-19-11-7-8(14)4-5-9(11)12-10-3-2-6-18(10)13(15)17-16-12/h2-7H,1H3. The molecule has 3 rings (SSSR count). The maximum atomic E-state index is 5.99. The number of benzene rings is 1. The Kier molecular flexibility index (Phi) is 3.05. The van der Waals surface area contributed by atoms with Crippen LogP contribution < -0.4 is 4.74 Å². The van der Waals surface area contributed by atoms with Crippen molar-refractivity contribution in [1.29, 1.82) is 0 Å². The quantitative estimate of drug-likeness (QED) is 0.723. The van der Waals surface area contributed by atoms with Crippen LogP contribution in [0.4, 0.5) is 0 Å². The van der Waals surface area contributed by atoms with Crippen LogP contribution in [0.5, 0.6) is 5.75 Å². The van der Waals surface area contributed by atoms with Crippen LogP contribution in [0.15, 0.2) is 36.5 Å². The highest BCUT2D eigenvalue weighted by atomic mass is 35.5. The fourth-order valence-corrected chi connectivity index (χ4v) is 2.33. The van der Waals surface area contributed by atoms with Gasteiger partial charge in [-0.15, -0.1) is 10.2 Å². The second kappa shape index (κ2) is 4.72. The molecule has 2 heterocycles. The van der Waals surface area contributed by atoms with Gasteiger partial charge in [-0.2, -0.15) is 0 Å². The molecule has 0 fully saturated rings. The van der Waals surface area contributed by atoms with Gasteiger partial charge < -0.3 is 4.74 Å². The van der Waals surface area contributed by atoms with Gasteiger partial charge in [-0.3, -0.25) is 4.40 Å². The third-order valence-electron chi connectivity index (χ3n) is 2.84. The van der Waals surface area contributed by atoms with E-state index in [1.165, 1.54) is 0 Å². The second-order valence-corrected chi connectivity index (χ2v) is 4.70. The molecule has 0 unspecified atom stereocenters. The average Bonchev–Trinajstić information content (AvgIpc) is 2.90. The summed E-state index contributed by atoms with van der Waals surface area (Å²) in [6.45, 7) is 0. The van der Waals surface area contributed by atoms with Crippen LogP contribution >= 0.6 is 23.2 Å². The molecule has 0 aliphatic rings. The molecule has 96 valence electrons. The van der Waals surface area contributed by atoms with E-state index in [2.05, 4.69) is 10.2 Å². The van der Waals surface area contributed by atoms with Crippen LogP contribution in [0.2, 0.25) is 10.3 Å². The van der Waals surface area contributed by atoms with Gasteiger partial charge in [-0.1, -0.05) is 11.6 Å². The SMILES string of the molecule is COc1cc(Cl)ccc1-c1nnc(Cl)n2cccc12. The van der Waals surface area contributed by atoms with Crippen LogP contribution in [0.25, 0.3) is 16.8 Å². The Labute approximate surface area is 119 Å². The van der Waals surface area contributed by atoms with E-state index in [9.17, 15) is 0 Å². The fourth-order valence-electron chi connectivity index (χ4n) is 1.98. The number of hydrogen-bond acceptors (Lipinski definition) is 3. The van der Waals surface area contributed by atoms with E-state index >= 15 is 0 Å². The fraction of sp³-hybridized carbons (Fsp3) is 0.0769. The summed E-state index contributed by atoms with van der Waals surface area (Å²) in [5.41, 5.74) is 2.38. The van der Waals surface area contributed by atoms with E-state index in [0.717, 1.165) is 11.1 Å². The van der Waals surface area contributed by atoms with E-state index < -0.39 is 0 Å². The molecule has 0 aliphatic carbocycles. The van der Waals surface area contributed by atoms with Crippen molar-refractivity contribution in [3.63, 3.8) is 0 Å². The molecule has 0 amide bonds. The Bertz CT molecular complexity index is 755. The first-order valence-corrected chi connectivity index (χ1v) is 6.29. The van der Waals surface area contributed by atoms with E-state index in [-0.39, 0.29) is 0 Å². The van der Waals surface area contributed by atoms with Gasteiger partial charge in [-0.25, -0.2) is 0 Å². The first-order valence-electron chi connectivity index (χ1n) is 5.54. The van der Waals surface area contributed by atoms with Gasteiger partial charge in [0.25, 0.3) is 0 Å². The molecule has 6 heteroatoms. The summed E-state index contributed by atoms with van der Waals surface area (Å²) in [6.07, 6.45) is 1.83. The van der Waals surface area contributed by atoms with Crippen molar-refractivity contribution in [1.82, 2.24) is 14.6 Å². The Morgan fingerprint density at radius 3 is 2.79 bits per heavy atom. The van der Waals surface area contributed by atoms with Gasteiger partial charge in [0.15, 0.2) is 0 Å². The molecule has 1 aromatic carbocycles. The maximum absolute atomic E-state index is 5.99. The largest absolute Gasteiger partial charge is 0.496 e. The summed E-state index contributed by atoms with van der Waals surface area (Å²) in [4.78, 5) is 0. The van der Waals surface area contributed by atoms with Crippen molar-refractivity contribution in [3.05, 3.63) is 46.8 Å². The Morgan fingerprint density at radius 2 is 2.00 bits per heavy atom. The summed E-state index contributed by atoms with van der Waals surface area (Å²) in [5.74, 6) is 0.646. The number of methoxy groups -OCH3 is 1. The van der Waals surface area contributed by atoms with Gasteiger partial charge in [0.2, 0.25) is 5.28 Å². The predicted octanol–water partition coefficient (Wildman–Crippen LogP) is 3.71. The van der Waals surface area contributed by atoms with E-state index in [1.54, 1.807) is 23.6 Å². The Hall–Kier alpha value is -1.78. The lowest BCUT2D eigenvalue weighted by molar-refractivity contribution is 0.416. The summed E-state index contributed by atoms with van der Waals surface area (Å²) in [7, 11) is 1.59. The van der Waals surface area contributed by atoms with Gasteiger partial charge in [-0.05, 0) is 41.9 Å². The lowest BCUT2D eigenvalue weighted by atomic mass is 10.1. The summed E-state index contributed by atoms with van der Waals surface area (Å²) < 4.78 is 7.10. The van der Waals surface area contributed by atoms with Gasteiger partial charge in [0, 0.05) is 16.8 Å². The average molecular weight is 294 g/mol. The van der Waals surface area contributed by atoms with E-state index in [4.69, 9.17) is 27.9 Å². The first-order chi connectivity index (χ1) is 9.20. The molecular formula is C13H9Cl2N3O. The van der Waals surface area contributed by atoms with Gasteiger partial charge in [0.1, 0.15) is 11.4 Å². The topological polar surface area (TPSA) is 39.4 Å². The number of hydrogen-bond donors (Lipinski definition) is 0. The molecule has 3 aromatic rings. The predicted molar refractivity (Wildman–Crippen MR) is 75.0 cm³/mol. The number of rotatable bonds is 2. The van der Waals surface area contributed by atoms with Crippen LogP contribution in [0.3, 0.4) is 0 Å². The number of ether oxygens (including phenoxy) is 1. The van der Waals surface area contributed by atoms with Crippen molar-refractivity contribution < 1.29 is 4.74 Å². The number of aromatic nitrogens is 3. The zero-order valence-corrected chi connectivity index (χ0v) is 11.5. The molecule has 0 aliphatic heterocycles. The van der Waals surface area contributed by atoms with Gasteiger partial charge >= 0.3 is 0 Å².